The first kappa shape index (κ1) is 20.1. The summed E-state index contributed by atoms with van der Waals surface area (Å²) < 4.78 is 32.4. The average Bonchev–Trinajstić information content (AvgIpc) is 3.12. The van der Waals surface area contributed by atoms with Gasteiger partial charge in [0.05, 0.1) is 35.0 Å². The molecule has 0 spiro atoms. The topological polar surface area (TPSA) is 124 Å². The second-order valence-corrected chi connectivity index (χ2v) is 8.31. The quantitative estimate of drug-likeness (QED) is 0.362. The van der Waals surface area contributed by atoms with Crippen LogP contribution in [0.2, 0.25) is 0 Å². The van der Waals surface area contributed by atoms with Gasteiger partial charge in [-0.25, -0.2) is 13.4 Å². The molecule has 1 unspecified atom stereocenters. The molecule has 1 aliphatic rings. The lowest BCUT2D eigenvalue weighted by atomic mass is 10.2. The number of aliphatic imine (C=N–C) groups is 1. The van der Waals surface area contributed by atoms with E-state index in [1.165, 1.54) is 24.5 Å². The molecule has 0 saturated carbocycles. The maximum absolute atomic E-state index is 13.2. The summed E-state index contributed by atoms with van der Waals surface area (Å²) in [4.78, 5) is 24.6. The molecular weight excluding hydrogens is 408 g/mol. The van der Waals surface area contributed by atoms with Gasteiger partial charge in [-0.15, -0.1) is 6.58 Å². The van der Waals surface area contributed by atoms with Gasteiger partial charge in [0.25, 0.3) is 20.9 Å². The van der Waals surface area contributed by atoms with E-state index < -0.39 is 21.0 Å². The number of methoxy groups -OCH3 is 1. The largest absolute Gasteiger partial charge is 0.473 e. The van der Waals surface area contributed by atoms with Crippen LogP contribution >= 0.6 is 11.3 Å². The fourth-order valence-electron chi connectivity index (χ4n) is 2.52. The van der Waals surface area contributed by atoms with Crippen molar-refractivity contribution in [2.75, 3.05) is 20.3 Å². The molecule has 3 rings (SSSR count). The number of nitrogens with zero attached hydrogens (tertiary/aromatic N) is 4. The van der Waals surface area contributed by atoms with Gasteiger partial charge in [0.2, 0.25) is 0 Å². The number of hydroxylamine groups is 1. The van der Waals surface area contributed by atoms with Gasteiger partial charge < -0.3 is 4.74 Å². The summed E-state index contributed by atoms with van der Waals surface area (Å²) in [6, 6.07) is 3.81. The number of nitro benzene ring substituents is 1. The Bertz CT molecular complexity index is 1020. The van der Waals surface area contributed by atoms with Crippen molar-refractivity contribution in [3.05, 3.63) is 57.6 Å². The maximum atomic E-state index is 13.2. The molecule has 10 nitrogen and oxygen atoms in total. The van der Waals surface area contributed by atoms with Crippen molar-refractivity contribution in [1.29, 1.82) is 0 Å². The van der Waals surface area contributed by atoms with Gasteiger partial charge in [0, 0.05) is 18.3 Å². The van der Waals surface area contributed by atoms with E-state index in [9.17, 15) is 18.5 Å². The number of thiazole rings is 1. The van der Waals surface area contributed by atoms with Crippen molar-refractivity contribution < 1.29 is 22.9 Å². The van der Waals surface area contributed by atoms with E-state index in [-0.39, 0.29) is 23.7 Å². The number of sulfonamides is 1. The van der Waals surface area contributed by atoms with Crippen LogP contribution in [0.1, 0.15) is 16.6 Å². The minimum Gasteiger partial charge on any atom is -0.473 e. The van der Waals surface area contributed by atoms with E-state index in [1.807, 2.05) is 0 Å². The van der Waals surface area contributed by atoms with Crippen LogP contribution in [0.4, 0.5) is 5.69 Å². The van der Waals surface area contributed by atoms with Crippen LogP contribution in [0.3, 0.4) is 0 Å². The molecule has 0 N–H and O–H groups in total. The van der Waals surface area contributed by atoms with Crippen LogP contribution in [-0.2, 0) is 14.9 Å². The van der Waals surface area contributed by atoms with Crippen molar-refractivity contribution >= 4 is 33.3 Å². The first-order valence-electron chi connectivity index (χ1n) is 7.95. The van der Waals surface area contributed by atoms with Crippen LogP contribution < -0.4 is 4.74 Å². The van der Waals surface area contributed by atoms with Crippen LogP contribution in [0.5, 0.6) is 5.19 Å². The number of hydrogen-bond donors (Lipinski definition) is 0. The zero-order valence-corrected chi connectivity index (χ0v) is 16.4. The molecule has 0 radical (unpaired) electrons. The zero-order valence-electron chi connectivity index (χ0n) is 14.7. The fourth-order valence-corrected chi connectivity index (χ4v) is 4.91. The summed E-state index contributed by atoms with van der Waals surface area (Å²) in [7, 11) is -2.68. The molecule has 0 bridgehead atoms. The minimum absolute atomic E-state index is 0.0578. The first-order chi connectivity index (χ1) is 13.4. The molecule has 28 heavy (non-hydrogen) atoms. The summed E-state index contributed by atoms with van der Waals surface area (Å²) in [6.07, 6.45) is 2.97. The highest BCUT2D eigenvalue weighted by atomic mass is 32.2. The second kappa shape index (κ2) is 8.14. The number of hydrogen-bond acceptors (Lipinski definition) is 9. The molecule has 0 aliphatic carbocycles. The Labute approximate surface area is 164 Å². The molecular formula is C16H16N4O6S2. The molecule has 0 amide bonds. The Morgan fingerprint density at radius 1 is 1.43 bits per heavy atom. The second-order valence-electron chi connectivity index (χ2n) is 5.54. The number of benzene rings is 1. The number of rotatable bonds is 8. The predicted molar refractivity (Wildman–Crippen MR) is 102 cm³/mol. The molecule has 1 aliphatic heterocycles. The molecule has 148 valence electrons. The lowest BCUT2D eigenvalue weighted by molar-refractivity contribution is -0.384. The molecule has 1 aromatic heterocycles. The first-order valence-corrected chi connectivity index (χ1v) is 10.2. The molecule has 1 aromatic carbocycles. The van der Waals surface area contributed by atoms with Gasteiger partial charge in [-0.05, 0) is 12.1 Å². The highest BCUT2D eigenvalue weighted by Crippen LogP contribution is 2.38. The van der Waals surface area contributed by atoms with Crippen molar-refractivity contribution in [1.82, 2.24) is 9.45 Å². The SMILES string of the molecule is C=CCON(C1CN=Cc2nc(OC)sc21)S(=O)(=O)c1ccc([N+](=O)[O-])cc1. The van der Waals surface area contributed by atoms with Crippen molar-refractivity contribution in [2.45, 2.75) is 10.9 Å². The average molecular weight is 424 g/mol. The van der Waals surface area contributed by atoms with E-state index >= 15 is 0 Å². The third kappa shape index (κ3) is 3.80. The number of fused-ring (bicyclic) bond motifs is 1. The summed E-state index contributed by atoms with van der Waals surface area (Å²) in [5, 5.41) is 11.2. The highest BCUT2D eigenvalue weighted by molar-refractivity contribution is 7.89. The zero-order chi connectivity index (χ0) is 20.3. The number of nitro groups is 1. The Balaban J connectivity index is 2.02. The molecule has 12 heteroatoms. The van der Waals surface area contributed by atoms with Crippen LogP contribution in [-0.4, -0.2) is 49.3 Å². The lowest BCUT2D eigenvalue weighted by Gasteiger charge is -2.29. The van der Waals surface area contributed by atoms with Crippen LogP contribution in [0, 0.1) is 10.1 Å². The van der Waals surface area contributed by atoms with E-state index in [4.69, 9.17) is 9.57 Å². The highest BCUT2D eigenvalue weighted by Gasteiger charge is 2.38. The molecule has 2 heterocycles. The van der Waals surface area contributed by atoms with E-state index in [0.29, 0.717) is 15.8 Å². The van der Waals surface area contributed by atoms with Crippen LogP contribution in [0.15, 0.2) is 46.8 Å². The van der Waals surface area contributed by atoms with Gasteiger partial charge in [-0.3, -0.25) is 19.9 Å². The maximum Gasteiger partial charge on any atom is 0.273 e. The number of aromatic nitrogens is 1. The third-order valence-corrected chi connectivity index (χ3v) is 6.62. The predicted octanol–water partition coefficient (Wildman–Crippen LogP) is 2.34. The molecule has 0 saturated heterocycles. The summed E-state index contributed by atoms with van der Waals surface area (Å²) in [5.74, 6) is 0. The Kier molecular flexibility index (Phi) is 5.84. The van der Waals surface area contributed by atoms with E-state index in [2.05, 4.69) is 16.6 Å². The fraction of sp³-hybridized carbons (Fsp3) is 0.250. The van der Waals surface area contributed by atoms with Gasteiger partial charge in [0.1, 0.15) is 11.7 Å². The van der Waals surface area contributed by atoms with Gasteiger partial charge in [0.15, 0.2) is 0 Å². The van der Waals surface area contributed by atoms with Crippen molar-refractivity contribution in [2.24, 2.45) is 4.99 Å². The Morgan fingerprint density at radius 3 is 2.75 bits per heavy atom. The summed E-state index contributed by atoms with van der Waals surface area (Å²) in [5.41, 5.74) is 0.290. The molecule has 2 aromatic rings. The smallest absolute Gasteiger partial charge is 0.273 e. The normalized spacial score (nSPS) is 16.0. The summed E-state index contributed by atoms with van der Waals surface area (Å²) >= 11 is 1.20. The monoisotopic (exact) mass is 424 g/mol. The lowest BCUT2D eigenvalue weighted by Crippen LogP contribution is -2.37. The van der Waals surface area contributed by atoms with E-state index in [0.717, 1.165) is 28.7 Å². The van der Waals surface area contributed by atoms with E-state index in [1.54, 1.807) is 6.21 Å². The van der Waals surface area contributed by atoms with Crippen molar-refractivity contribution in [3.8, 4) is 5.19 Å². The van der Waals surface area contributed by atoms with Gasteiger partial charge in [-0.1, -0.05) is 21.9 Å². The Hall–Kier alpha value is -2.67. The molecule has 0 fully saturated rings. The van der Waals surface area contributed by atoms with Gasteiger partial charge in [-0.2, -0.15) is 0 Å². The van der Waals surface area contributed by atoms with Crippen molar-refractivity contribution in [3.63, 3.8) is 0 Å². The number of non-ortho nitro benzene ring substituents is 1. The molecule has 1 atom stereocenters. The Morgan fingerprint density at radius 2 is 2.14 bits per heavy atom. The number of ether oxygens (including phenoxy) is 1. The summed E-state index contributed by atoms with van der Waals surface area (Å²) in [6.45, 7) is 3.61. The van der Waals surface area contributed by atoms with Gasteiger partial charge >= 0.3 is 0 Å². The standard InChI is InChI=1S/C16H16N4O6S2/c1-3-8-26-20(14-10-17-9-13-15(14)27-16(18-13)25-2)28(23,24)12-6-4-11(5-7-12)19(21)22/h3-7,9,14H,1,8,10H2,2H3. The third-order valence-electron chi connectivity index (χ3n) is 3.79. The van der Waals surface area contributed by atoms with Crippen LogP contribution in [0.25, 0.3) is 0 Å². The minimum atomic E-state index is -4.15.